The normalized spacial score (nSPS) is 45.5. The van der Waals surface area contributed by atoms with Gasteiger partial charge in [0.2, 0.25) is 11.7 Å². The fourth-order valence-corrected chi connectivity index (χ4v) is 10.5. The molecule has 2 N–H and O–H groups in total. The van der Waals surface area contributed by atoms with Crippen LogP contribution in [-0.2, 0) is 9.59 Å². The smallest absolute Gasteiger partial charge is 0.228 e. The Bertz CT molecular complexity index is 1270. The highest BCUT2D eigenvalue weighted by atomic mass is 16.3. The first-order chi connectivity index (χ1) is 18.2. The van der Waals surface area contributed by atoms with Gasteiger partial charge in [-0.1, -0.05) is 52.3 Å². The molecule has 5 nitrogen and oxygen atoms in total. The van der Waals surface area contributed by atoms with Crippen molar-refractivity contribution in [1.29, 1.82) is 0 Å². The molecule has 6 aliphatic rings. The second-order valence-electron chi connectivity index (χ2n) is 14.9. The number of carbonyl (C=O) groups excluding carboxylic acids is 2. The predicted octanol–water partition coefficient (Wildman–Crippen LogP) is 6.60. The molecule has 212 valence electrons. The van der Waals surface area contributed by atoms with E-state index < -0.39 is 0 Å². The maximum absolute atomic E-state index is 13.9. The van der Waals surface area contributed by atoms with Crippen LogP contribution in [0, 0.1) is 33.0 Å². The van der Waals surface area contributed by atoms with E-state index in [0.717, 1.165) is 62.5 Å². The second kappa shape index (κ2) is 8.44. The van der Waals surface area contributed by atoms with Crippen molar-refractivity contribution in [3.8, 4) is 0 Å². The van der Waals surface area contributed by atoms with Crippen LogP contribution in [0.15, 0.2) is 46.3 Å². The number of hydrogen-bond donors (Lipinski definition) is 2. The van der Waals surface area contributed by atoms with Gasteiger partial charge in [-0.15, -0.1) is 0 Å². The minimum atomic E-state index is -0.389. The molecular weight excluding hydrogens is 486 g/mol. The number of fused-ring (bicyclic) bond motifs is 7. The lowest BCUT2D eigenvalue weighted by Gasteiger charge is -2.71. The van der Waals surface area contributed by atoms with Crippen molar-refractivity contribution in [2.24, 2.45) is 33.0 Å². The van der Waals surface area contributed by atoms with E-state index in [1.165, 1.54) is 5.57 Å². The summed E-state index contributed by atoms with van der Waals surface area (Å²) in [5.74, 6) is 0.287. The number of hydrogen-bond acceptors (Lipinski definition) is 4. The van der Waals surface area contributed by atoms with E-state index >= 15 is 0 Å². The number of aliphatic hydroxyl groups is 2. The Morgan fingerprint density at radius 1 is 1.05 bits per heavy atom. The van der Waals surface area contributed by atoms with E-state index in [4.69, 9.17) is 0 Å². The lowest BCUT2D eigenvalue weighted by atomic mass is 9.33. The molecule has 1 amide bonds. The quantitative estimate of drug-likeness (QED) is 0.419. The van der Waals surface area contributed by atoms with Crippen molar-refractivity contribution < 1.29 is 19.8 Å². The monoisotopic (exact) mass is 533 g/mol. The van der Waals surface area contributed by atoms with E-state index in [2.05, 4.69) is 46.8 Å². The Kier molecular flexibility index (Phi) is 5.85. The number of amides is 1. The number of allylic oxidation sites excluding steroid dienone is 7. The minimum Gasteiger partial charge on any atom is -0.504 e. The van der Waals surface area contributed by atoms with E-state index in [-0.39, 0.29) is 50.6 Å². The van der Waals surface area contributed by atoms with Crippen LogP contribution in [0.3, 0.4) is 0 Å². The Labute approximate surface area is 234 Å². The topological polar surface area (TPSA) is 77.8 Å². The summed E-state index contributed by atoms with van der Waals surface area (Å²) < 4.78 is 0. The third-order valence-corrected chi connectivity index (χ3v) is 13.1. The molecule has 0 aromatic carbocycles. The average Bonchev–Trinajstić information content (AvgIpc) is 3.34. The highest BCUT2D eigenvalue weighted by Gasteiger charge is 2.68. The molecule has 3 saturated carbocycles. The molecule has 0 aromatic heterocycles. The summed E-state index contributed by atoms with van der Waals surface area (Å²) in [7, 11) is 0. The minimum absolute atomic E-state index is 0.0346. The van der Waals surface area contributed by atoms with Crippen LogP contribution in [0.5, 0.6) is 0 Å². The molecule has 1 saturated heterocycles. The van der Waals surface area contributed by atoms with Gasteiger partial charge < -0.3 is 15.1 Å². The summed E-state index contributed by atoms with van der Waals surface area (Å²) >= 11 is 0. The molecule has 0 bridgehead atoms. The zero-order valence-corrected chi connectivity index (χ0v) is 24.8. The van der Waals surface area contributed by atoms with Gasteiger partial charge in [0, 0.05) is 29.5 Å². The molecule has 1 aliphatic heterocycles. The summed E-state index contributed by atoms with van der Waals surface area (Å²) in [6, 6.07) is 0. The molecule has 7 atom stereocenters. The van der Waals surface area contributed by atoms with Crippen LogP contribution in [0.1, 0.15) is 99.3 Å². The molecule has 4 fully saturated rings. The van der Waals surface area contributed by atoms with Gasteiger partial charge in [-0.3, -0.25) is 9.59 Å². The van der Waals surface area contributed by atoms with Gasteiger partial charge in [0.25, 0.3) is 0 Å². The lowest BCUT2D eigenvalue weighted by Crippen LogP contribution is -2.63. The highest BCUT2D eigenvalue weighted by molar-refractivity contribution is 6.06. The number of β-amino-alcohol motifs (C(OH)–C–C–N with tert-alkyl or cyclic N) is 1. The summed E-state index contributed by atoms with van der Waals surface area (Å²) in [5, 5.41) is 20.5. The third-order valence-electron chi connectivity index (χ3n) is 13.1. The van der Waals surface area contributed by atoms with E-state index in [9.17, 15) is 19.8 Å². The first-order valence-corrected chi connectivity index (χ1v) is 15.3. The number of aliphatic hydroxyl groups excluding tert-OH is 2. The van der Waals surface area contributed by atoms with Crippen LogP contribution >= 0.6 is 0 Å². The van der Waals surface area contributed by atoms with Gasteiger partial charge in [0.05, 0.1) is 6.10 Å². The fraction of sp³-hybridized carbons (Fsp3) is 0.706. The molecule has 0 aromatic rings. The van der Waals surface area contributed by atoms with E-state index in [0.29, 0.717) is 31.0 Å². The zero-order valence-electron chi connectivity index (χ0n) is 24.8. The van der Waals surface area contributed by atoms with Crippen molar-refractivity contribution in [2.75, 3.05) is 13.1 Å². The molecule has 0 radical (unpaired) electrons. The molecular formula is C34H47NO4. The van der Waals surface area contributed by atoms with Gasteiger partial charge in [-0.2, -0.15) is 0 Å². The first kappa shape index (κ1) is 27.1. The first-order valence-electron chi connectivity index (χ1n) is 15.3. The summed E-state index contributed by atoms with van der Waals surface area (Å²) in [4.78, 5) is 28.6. The van der Waals surface area contributed by atoms with E-state index in [1.54, 1.807) is 6.08 Å². The van der Waals surface area contributed by atoms with Gasteiger partial charge in [0.15, 0.2) is 5.76 Å². The van der Waals surface area contributed by atoms with Crippen molar-refractivity contribution in [3.05, 3.63) is 46.3 Å². The van der Waals surface area contributed by atoms with Gasteiger partial charge in [0.1, 0.15) is 0 Å². The van der Waals surface area contributed by atoms with Gasteiger partial charge in [-0.25, -0.2) is 0 Å². The zero-order chi connectivity index (χ0) is 28.2. The number of carbonyl (C=O) groups is 2. The molecule has 39 heavy (non-hydrogen) atoms. The Morgan fingerprint density at radius 3 is 2.44 bits per heavy atom. The SMILES string of the molecule is CC[C@@]12CC[C@@]3(C)C4=CC(=O)C(O)=C(C)C4=CC=C3[C@@]1(C)CC[C@@]1(C)CC[C@@](C)(C(=O)N3CCC(O)C3)C[C@H]12. The lowest BCUT2D eigenvalue weighted by molar-refractivity contribution is -0.181. The Balaban J connectivity index is 1.43. The molecule has 5 heteroatoms. The van der Waals surface area contributed by atoms with Gasteiger partial charge in [-0.05, 0) is 104 Å². The van der Waals surface area contributed by atoms with Crippen LogP contribution in [0.2, 0.25) is 0 Å². The van der Waals surface area contributed by atoms with Crippen LogP contribution in [0.25, 0.3) is 0 Å². The van der Waals surface area contributed by atoms with Crippen molar-refractivity contribution in [1.82, 2.24) is 4.90 Å². The summed E-state index contributed by atoms with van der Waals surface area (Å²) in [6.45, 7) is 14.9. The van der Waals surface area contributed by atoms with Crippen molar-refractivity contribution >= 4 is 11.7 Å². The maximum Gasteiger partial charge on any atom is 0.228 e. The van der Waals surface area contributed by atoms with Crippen LogP contribution in [-0.4, -0.2) is 46.0 Å². The van der Waals surface area contributed by atoms with Crippen molar-refractivity contribution in [3.63, 3.8) is 0 Å². The standard InChI is InChI=1S/C34H47NO4/c1-7-34-16-14-32(5)24-18-25(37)28(38)21(2)23(24)8-9-26(32)33(34,6)15-13-30(3)11-12-31(4,19-27(30)34)29(39)35-17-10-22(36)20-35/h8-9,18,22,27,36,38H,7,10-17,19-20H2,1-6H3/t22?,27-,30-,31-,32+,33-,34+/m1/s1. The molecule has 6 rings (SSSR count). The average molecular weight is 534 g/mol. The Morgan fingerprint density at radius 2 is 1.77 bits per heavy atom. The van der Waals surface area contributed by atoms with Crippen molar-refractivity contribution in [2.45, 2.75) is 105 Å². The van der Waals surface area contributed by atoms with E-state index in [1.807, 2.05) is 11.8 Å². The fourth-order valence-electron chi connectivity index (χ4n) is 10.5. The van der Waals surface area contributed by atoms with Crippen LogP contribution < -0.4 is 0 Å². The summed E-state index contributed by atoms with van der Waals surface area (Å²) in [6.07, 6.45) is 14.8. The largest absolute Gasteiger partial charge is 0.504 e. The predicted molar refractivity (Wildman–Crippen MR) is 153 cm³/mol. The van der Waals surface area contributed by atoms with Gasteiger partial charge >= 0.3 is 0 Å². The maximum atomic E-state index is 13.9. The Hall–Kier alpha value is -2.14. The molecule has 5 aliphatic carbocycles. The molecule has 0 spiro atoms. The number of nitrogens with zero attached hydrogens (tertiary/aromatic N) is 1. The number of likely N-dealkylation sites (tertiary alicyclic amines) is 1. The number of ketones is 1. The second-order valence-corrected chi connectivity index (χ2v) is 14.9. The van der Waals surface area contributed by atoms with Crippen LogP contribution in [0.4, 0.5) is 0 Å². The highest BCUT2D eigenvalue weighted by Crippen LogP contribution is 2.76. The summed E-state index contributed by atoms with van der Waals surface area (Å²) in [5.41, 5.74) is 3.87. The molecule has 1 unspecified atom stereocenters. The number of rotatable bonds is 2. The third kappa shape index (κ3) is 3.41. The molecule has 1 heterocycles.